The van der Waals surface area contributed by atoms with Gasteiger partial charge in [0.05, 0.1) is 12.5 Å². The van der Waals surface area contributed by atoms with Crippen LogP contribution in [0.2, 0.25) is 4.28 Å². The van der Waals surface area contributed by atoms with Gasteiger partial charge in [0, 0.05) is 0 Å². The molecule has 0 amide bonds. The third-order valence-corrected chi connectivity index (χ3v) is 1.44. The van der Waals surface area contributed by atoms with E-state index in [1.165, 1.54) is 36.8 Å². The SMILES string of the molecule is C[C](C)(C)[Cr+2].O=C([O-])c1ccco1.O=C([O-])c1ccco1. The number of carboxylic acid groups (broad SMARTS) is 2. The van der Waals surface area contributed by atoms with Crippen molar-refractivity contribution in [2.45, 2.75) is 25.0 Å². The van der Waals surface area contributed by atoms with Crippen LogP contribution in [-0.4, -0.2) is 11.9 Å². The molecule has 7 heteroatoms. The Balaban J connectivity index is 0.000000296. The summed E-state index contributed by atoms with van der Waals surface area (Å²) in [5.74, 6) is -2.83. The van der Waals surface area contributed by atoms with Crippen LogP contribution < -0.4 is 10.2 Å². The standard InChI is InChI=1S/2C5H4O3.C4H9.Cr/c2*6-5(7)4-2-1-3-8-4;1-4(2)3;/h2*1-3H,(H,6,7);1-3H3;/q;;;+2/p-2. The molecule has 0 spiro atoms. The molecular formula is C14H15CrO6. The molecule has 0 bridgehead atoms. The predicted molar refractivity (Wildman–Crippen MR) is 65.8 cm³/mol. The second kappa shape index (κ2) is 9.06. The Morgan fingerprint density at radius 3 is 1.33 bits per heavy atom. The van der Waals surface area contributed by atoms with Crippen molar-refractivity contribution < 1.29 is 44.9 Å². The molecule has 0 atom stereocenters. The fourth-order valence-electron chi connectivity index (χ4n) is 0.789. The molecule has 21 heavy (non-hydrogen) atoms. The molecule has 2 aromatic rings. The number of hydrogen-bond acceptors (Lipinski definition) is 6. The average Bonchev–Trinajstić information content (AvgIpc) is 3.02. The number of carboxylic acids is 2. The quantitative estimate of drug-likeness (QED) is 0.814. The molecule has 6 nitrogen and oxygen atoms in total. The van der Waals surface area contributed by atoms with E-state index in [4.69, 9.17) is 0 Å². The fourth-order valence-corrected chi connectivity index (χ4v) is 0.789. The van der Waals surface area contributed by atoms with Gasteiger partial charge in [-0.05, 0) is 24.3 Å². The van der Waals surface area contributed by atoms with Crippen LogP contribution in [0.3, 0.4) is 0 Å². The van der Waals surface area contributed by atoms with E-state index in [2.05, 4.69) is 45.9 Å². The van der Waals surface area contributed by atoms with Gasteiger partial charge in [-0.1, -0.05) is 0 Å². The van der Waals surface area contributed by atoms with Crippen LogP contribution in [0.5, 0.6) is 0 Å². The Hall–Kier alpha value is -1.97. The minimum Gasteiger partial charge on any atom is -0.542 e. The second-order valence-electron chi connectivity index (χ2n) is 4.64. The number of carbonyl (C=O) groups excluding carboxylic acids is 2. The zero-order chi connectivity index (χ0) is 16.5. The number of rotatable bonds is 2. The number of carbonyl (C=O) groups is 2. The van der Waals surface area contributed by atoms with Crippen molar-refractivity contribution in [1.82, 2.24) is 0 Å². The molecule has 0 aliphatic heterocycles. The Morgan fingerprint density at radius 2 is 1.24 bits per heavy atom. The summed E-state index contributed by atoms with van der Waals surface area (Å²) < 4.78 is 9.24. The Bertz CT molecular complexity index is 472. The summed E-state index contributed by atoms with van der Waals surface area (Å²) >= 11 is 2.98. The maximum Gasteiger partial charge on any atom is 0.149 e. The van der Waals surface area contributed by atoms with E-state index < -0.39 is 11.9 Å². The molecule has 0 radical (unpaired) electrons. The first kappa shape index (κ1) is 19.0. The second-order valence-corrected chi connectivity index (χ2v) is 6.55. The van der Waals surface area contributed by atoms with Crippen molar-refractivity contribution in [3.63, 3.8) is 0 Å². The molecule has 2 rings (SSSR count). The van der Waals surface area contributed by atoms with Crippen LogP contribution >= 0.6 is 0 Å². The van der Waals surface area contributed by atoms with E-state index in [1.54, 1.807) is 0 Å². The number of hydrogen-bond donors (Lipinski definition) is 0. The third-order valence-electron chi connectivity index (χ3n) is 1.44. The molecule has 0 N–H and O–H groups in total. The largest absolute Gasteiger partial charge is 0.542 e. The summed E-state index contributed by atoms with van der Waals surface area (Å²) in [5, 5.41) is 19.7. The van der Waals surface area contributed by atoms with Gasteiger partial charge in [0.25, 0.3) is 0 Å². The zero-order valence-corrected chi connectivity index (χ0v) is 13.1. The Labute approximate surface area is 130 Å². The summed E-state index contributed by atoms with van der Waals surface area (Å²) in [6.45, 7) is 6.40. The molecule has 113 valence electrons. The maximum absolute atomic E-state index is 9.86. The van der Waals surface area contributed by atoms with Gasteiger partial charge in [0.2, 0.25) is 0 Å². The van der Waals surface area contributed by atoms with Crippen LogP contribution in [0.25, 0.3) is 0 Å². The van der Waals surface area contributed by atoms with Crippen LogP contribution in [0.4, 0.5) is 0 Å². The first-order valence-electron chi connectivity index (χ1n) is 5.81. The van der Waals surface area contributed by atoms with Crippen LogP contribution in [0.1, 0.15) is 41.9 Å². The van der Waals surface area contributed by atoms with Gasteiger partial charge in [-0.3, -0.25) is 0 Å². The zero-order valence-electron chi connectivity index (χ0n) is 11.8. The van der Waals surface area contributed by atoms with E-state index in [0.717, 1.165) is 0 Å². The summed E-state index contributed by atoms with van der Waals surface area (Å²) in [5.41, 5.74) is 0. The minimum atomic E-state index is -1.28. The Morgan fingerprint density at radius 1 is 0.952 bits per heavy atom. The molecule has 0 saturated heterocycles. The molecule has 0 aliphatic carbocycles. The molecular weight excluding hydrogens is 316 g/mol. The fraction of sp³-hybridized carbons (Fsp3) is 0.286. The van der Waals surface area contributed by atoms with E-state index in [0.29, 0.717) is 4.28 Å². The van der Waals surface area contributed by atoms with Crippen molar-refractivity contribution in [2.24, 2.45) is 0 Å². The van der Waals surface area contributed by atoms with Gasteiger partial charge in [0.15, 0.2) is 0 Å². The van der Waals surface area contributed by atoms with Gasteiger partial charge in [-0.2, -0.15) is 0 Å². The molecule has 0 aliphatic rings. The number of furan rings is 2. The Kier molecular flexibility index (Phi) is 8.21. The van der Waals surface area contributed by atoms with Crippen LogP contribution in [0.15, 0.2) is 45.6 Å². The topological polar surface area (TPSA) is 107 Å². The van der Waals surface area contributed by atoms with E-state index in [-0.39, 0.29) is 11.5 Å². The van der Waals surface area contributed by atoms with Gasteiger partial charge in [-0.25, -0.2) is 0 Å². The van der Waals surface area contributed by atoms with Crippen molar-refractivity contribution in [3.05, 3.63) is 48.3 Å². The van der Waals surface area contributed by atoms with Crippen molar-refractivity contribution in [1.29, 1.82) is 0 Å². The first-order chi connectivity index (χ1) is 9.61. The average molecular weight is 331 g/mol. The van der Waals surface area contributed by atoms with Crippen molar-refractivity contribution in [2.75, 3.05) is 0 Å². The number of aromatic carboxylic acids is 2. The normalized spacial score (nSPS) is 9.62. The van der Waals surface area contributed by atoms with Gasteiger partial charge >= 0.3 is 41.3 Å². The summed E-state index contributed by atoms with van der Waals surface area (Å²) in [4.78, 5) is 19.7. The summed E-state index contributed by atoms with van der Waals surface area (Å²) in [6, 6.07) is 5.64. The van der Waals surface area contributed by atoms with Crippen LogP contribution in [0, 0.1) is 0 Å². The smallest absolute Gasteiger partial charge is 0.149 e. The predicted octanol–water partition coefficient (Wildman–Crippen LogP) is 1.04. The molecule has 0 saturated carbocycles. The molecule has 2 aromatic heterocycles. The van der Waals surface area contributed by atoms with Gasteiger partial charge in [0.1, 0.15) is 23.5 Å². The minimum absolute atomic E-state index is 0.134. The maximum atomic E-state index is 9.86. The van der Waals surface area contributed by atoms with Gasteiger partial charge in [-0.15, -0.1) is 0 Å². The van der Waals surface area contributed by atoms with E-state index >= 15 is 0 Å². The van der Waals surface area contributed by atoms with Gasteiger partial charge < -0.3 is 28.6 Å². The summed E-state index contributed by atoms with van der Waals surface area (Å²) in [6.07, 6.45) is 2.57. The van der Waals surface area contributed by atoms with E-state index in [9.17, 15) is 19.8 Å². The molecule has 0 aromatic carbocycles. The molecule has 0 unspecified atom stereocenters. The van der Waals surface area contributed by atoms with Crippen molar-refractivity contribution in [3.8, 4) is 0 Å². The van der Waals surface area contributed by atoms with Crippen molar-refractivity contribution >= 4 is 11.9 Å². The molecule has 0 fully saturated rings. The molecule has 2 heterocycles. The van der Waals surface area contributed by atoms with Crippen LogP contribution in [-0.2, 0) is 16.3 Å². The third kappa shape index (κ3) is 11.6. The summed E-state index contributed by atoms with van der Waals surface area (Å²) in [7, 11) is 0. The van der Waals surface area contributed by atoms with E-state index in [1.807, 2.05) is 0 Å². The first-order valence-corrected chi connectivity index (χ1v) is 6.45. The monoisotopic (exact) mass is 331 g/mol.